The molecule has 0 unspecified atom stereocenters. The summed E-state index contributed by atoms with van der Waals surface area (Å²) < 4.78 is 0.241. The van der Waals surface area contributed by atoms with Gasteiger partial charge in [0.25, 0.3) is 0 Å². The van der Waals surface area contributed by atoms with E-state index in [2.05, 4.69) is 19.2 Å². The van der Waals surface area contributed by atoms with E-state index in [1.165, 1.54) is 4.90 Å². The van der Waals surface area contributed by atoms with Gasteiger partial charge in [-0.05, 0) is 43.3 Å². The Kier molecular flexibility index (Phi) is 10.9. The van der Waals surface area contributed by atoms with E-state index in [1.807, 2.05) is 30.3 Å². The molecular weight excluding hydrogens is 448 g/mol. The number of carbonyl (C=O) groups excluding carboxylic acids is 1. The lowest BCUT2D eigenvalue weighted by Crippen LogP contribution is -2.53. The fourth-order valence-corrected chi connectivity index (χ4v) is 6.84. The van der Waals surface area contributed by atoms with Gasteiger partial charge in [-0.1, -0.05) is 44.2 Å². The lowest BCUT2D eigenvalue weighted by molar-refractivity contribution is -0.149. The third-order valence-corrected chi connectivity index (χ3v) is 8.54. The summed E-state index contributed by atoms with van der Waals surface area (Å²) in [6, 6.07) is 7.04. The zero-order chi connectivity index (χ0) is 23.7. The summed E-state index contributed by atoms with van der Waals surface area (Å²) >= 11 is 3.58. The zero-order valence-corrected chi connectivity index (χ0v) is 20.5. The van der Waals surface area contributed by atoms with Gasteiger partial charge in [0.05, 0.1) is 10.6 Å². The molecule has 1 saturated heterocycles. The first-order valence-electron chi connectivity index (χ1n) is 11.1. The van der Waals surface area contributed by atoms with Gasteiger partial charge in [-0.25, -0.2) is 4.79 Å². The monoisotopic (exact) mass is 482 g/mol. The first-order chi connectivity index (χ1) is 15.3. The SMILES string of the molecule is CCSC(SCC)[C@H]1C[C@H](C(=O)O)N(C(=O)[C@H](C)N[C@@H](CCc2ccccc2)C(=O)O)C1. The number of carboxylic acids is 2. The second-order valence-electron chi connectivity index (χ2n) is 7.92. The number of rotatable bonds is 13. The van der Waals surface area contributed by atoms with Crippen molar-refractivity contribution in [2.75, 3.05) is 18.1 Å². The van der Waals surface area contributed by atoms with E-state index in [0.29, 0.717) is 25.8 Å². The van der Waals surface area contributed by atoms with Gasteiger partial charge in [-0.15, -0.1) is 23.5 Å². The third kappa shape index (κ3) is 7.42. The molecule has 1 amide bonds. The maximum atomic E-state index is 13.2. The second-order valence-corrected chi connectivity index (χ2v) is 11.1. The van der Waals surface area contributed by atoms with E-state index in [4.69, 9.17) is 0 Å². The molecule has 4 atom stereocenters. The molecule has 1 aromatic carbocycles. The maximum absolute atomic E-state index is 13.2. The van der Waals surface area contributed by atoms with Crippen LogP contribution in [0.3, 0.4) is 0 Å². The number of amides is 1. The largest absolute Gasteiger partial charge is 0.480 e. The highest BCUT2D eigenvalue weighted by molar-refractivity contribution is 8.17. The van der Waals surface area contributed by atoms with Crippen molar-refractivity contribution in [3.05, 3.63) is 35.9 Å². The van der Waals surface area contributed by atoms with Crippen LogP contribution in [0.5, 0.6) is 0 Å². The van der Waals surface area contributed by atoms with E-state index in [-0.39, 0.29) is 16.4 Å². The highest BCUT2D eigenvalue weighted by atomic mass is 32.2. The molecule has 0 saturated carbocycles. The van der Waals surface area contributed by atoms with Crippen LogP contribution in [0.15, 0.2) is 30.3 Å². The number of carboxylic acid groups (broad SMARTS) is 2. The van der Waals surface area contributed by atoms with Gasteiger partial charge in [0, 0.05) is 12.5 Å². The minimum Gasteiger partial charge on any atom is -0.480 e. The number of hydrogen-bond donors (Lipinski definition) is 3. The molecule has 0 bridgehead atoms. The summed E-state index contributed by atoms with van der Waals surface area (Å²) in [7, 11) is 0. The van der Waals surface area contributed by atoms with Crippen molar-refractivity contribution in [3.63, 3.8) is 0 Å². The second kappa shape index (κ2) is 13.1. The molecular formula is C23H34N2O5S2. The molecule has 1 aliphatic rings. The number of likely N-dealkylation sites (tertiary alicyclic amines) is 1. The number of thioether (sulfide) groups is 2. The molecule has 1 heterocycles. The Labute approximate surface area is 198 Å². The van der Waals surface area contributed by atoms with Crippen LogP contribution in [-0.2, 0) is 20.8 Å². The topological polar surface area (TPSA) is 107 Å². The average molecular weight is 483 g/mol. The summed E-state index contributed by atoms with van der Waals surface area (Å²) in [4.78, 5) is 38.3. The van der Waals surface area contributed by atoms with Crippen LogP contribution < -0.4 is 5.32 Å². The molecule has 1 aliphatic heterocycles. The van der Waals surface area contributed by atoms with Crippen LogP contribution in [0.4, 0.5) is 0 Å². The standard InChI is InChI=1S/C23H34N2O5S2/c1-4-31-23(32-5-2)17-13-19(22(29)30)25(14-17)20(26)15(3)24-18(21(27)28)12-11-16-9-7-6-8-10-16/h6-10,15,17-19,23-24H,4-5,11-14H2,1-3H3,(H,27,28)(H,29,30)/t15-,17-,18-,19+/m0/s1. The van der Waals surface area contributed by atoms with Crippen molar-refractivity contribution in [2.45, 2.75) is 62.7 Å². The minimum absolute atomic E-state index is 0.0931. The molecule has 2 rings (SSSR count). The van der Waals surface area contributed by atoms with Gasteiger partial charge in [-0.3, -0.25) is 14.9 Å². The summed E-state index contributed by atoms with van der Waals surface area (Å²) in [6.45, 7) is 6.15. The number of aliphatic carboxylic acids is 2. The van der Waals surface area contributed by atoms with Gasteiger partial charge in [0.1, 0.15) is 12.1 Å². The number of nitrogens with zero attached hydrogens (tertiary/aromatic N) is 1. The van der Waals surface area contributed by atoms with Crippen molar-refractivity contribution in [1.82, 2.24) is 10.2 Å². The van der Waals surface area contributed by atoms with E-state index < -0.39 is 30.1 Å². The van der Waals surface area contributed by atoms with Crippen molar-refractivity contribution >= 4 is 41.4 Å². The van der Waals surface area contributed by atoms with Crippen LogP contribution in [-0.4, -0.2) is 73.7 Å². The van der Waals surface area contributed by atoms with Crippen molar-refractivity contribution < 1.29 is 24.6 Å². The zero-order valence-electron chi connectivity index (χ0n) is 18.9. The van der Waals surface area contributed by atoms with Crippen molar-refractivity contribution in [2.24, 2.45) is 5.92 Å². The highest BCUT2D eigenvalue weighted by Gasteiger charge is 2.44. The molecule has 9 heteroatoms. The van der Waals surface area contributed by atoms with Crippen LogP contribution in [0, 0.1) is 5.92 Å². The lowest BCUT2D eigenvalue weighted by atomic mass is 10.0. The number of aryl methyl sites for hydroxylation is 1. The average Bonchev–Trinajstić information content (AvgIpc) is 3.22. The summed E-state index contributed by atoms with van der Waals surface area (Å²) in [6.07, 6.45) is 1.33. The fourth-order valence-electron chi connectivity index (χ4n) is 4.05. The van der Waals surface area contributed by atoms with Crippen LogP contribution in [0.25, 0.3) is 0 Å². The van der Waals surface area contributed by atoms with Gasteiger partial charge in [-0.2, -0.15) is 0 Å². The Morgan fingerprint density at radius 3 is 2.28 bits per heavy atom. The molecule has 0 spiro atoms. The summed E-state index contributed by atoms with van der Waals surface area (Å²) in [5.41, 5.74) is 1.03. The number of carbonyl (C=O) groups is 3. The molecule has 0 aromatic heterocycles. The third-order valence-electron chi connectivity index (χ3n) is 5.63. The predicted octanol–water partition coefficient (Wildman–Crippen LogP) is 3.18. The molecule has 32 heavy (non-hydrogen) atoms. The fraction of sp³-hybridized carbons (Fsp3) is 0.609. The van der Waals surface area contributed by atoms with Crippen LogP contribution >= 0.6 is 23.5 Å². The number of hydrogen-bond acceptors (Lipinski definition) is 6. The maximum Gasteiger partial charge on any atom is 0.326 e. The van der Waals surface area contributed by atoms with E-state index >= 15 is 0 Å². The first kappa shape index (κ1) is 26.5. The van der Waals surface area contributed by atoms with Crippen LogP contribution in [0.1, 0.15) is 39.2 Å². The highest BCUT2D eigenvalue weighted by Crippen LogP contribution is 2.38. The van der Waals surface area contributed by atoms with Gasteiger partial charge in [0.2, 0.25) is 5.91 Å². The number of nitrogens with one attached hydrogen (secondary N) is 1. The van der Waals surface area contributed by atoms with E-state index in [9.17, 15) is 24.6 Å². The smallest absolute Gasteiger partial charge is 0.326 e. The Morgan fingerprint density at radius 2 is 1.75 bits per heavy atom. The Balaban J connectivity index is 2.05. The summed E-state index contributed by atoms with van der Waals surface area (Å²) in [5.74, 6) is -0.427. The minimum atomic E-state index is -1.02. The van der Waals surface area contributed by atoms with Gasteiger partial charge >= 0.3 is 11.9 Å². The lowest BCUT2D eigenvalue weighted by Gasteiger charge is -2.28. The first-order valence-corrected chi connectivity index (χ1v) is 13.2. The van der Waals surface area contributed by atoms with Crippen molar-refractivity contribution in [3.8, 4) is 0 Å². The normalized spacial score (nSPS) is 20.3. The molecule has 0 aliphatic carbocycles. The van der Waals surface area contributed by atoms with Gasteiger partial charge in [0.15, 0.2) is 0 Å². The van der Waals surface area contributed by atoms with Crippen LogP contribution in [0.2, 0.25) is 0 Å². The predicted molar refractivity (Wildman–Crippen MR) is 130 cm³/mol. The van der Waals surface area contributed by atoms with E-state index in [1.54, 1.807) is 30.4 Å². The summed E-state index contributed by atoms with van der Waals surface area (Å²) in [5, 5.41) is 22.3. The molecule has 1 fully saturated rings. The molecule has 7 nitrogen and oxygen atoms in total. The van der Waals surface area contributed by atoms with Gasteiger partial charge < -0.3 is 15.1 Å². The Bertz CT molecular complexity index is 758. The molecule has 3 N–H and O–H groups in total. The number of benzene rings is 1. The molecule has 1 aromatic rings. The van der Waals surface area contributed by atoms with Crippen molar-refractivity contribution in [1.29, 1.82) is 0 Å². The Hall–Kier alpha value is -1.71. The Morgan fingerprint density at radius 1 is 1.12 bits per heavy atom. The molecule has 0 radical (unpaired) electrons. The molecule has 178 valence electrons. The quantitative estimate of drug-likeness (QED) is 0.368. The van der Waals surface area contributed by atoms with E-state index in [0.717, 1.165) is 17.1 Å².